The van der Waals surface area contributed by atoms with E-state index in [0.717, 1.165) is 16.9 Å². The number of benzene rings is 2. The first kappa shape index (κ1) is 15.8. The minimum absolute atomic E-state index is 0.0493. The Hall–Kier alpha value is -2.69. The van der Waals surface area contributed by atoms with E-state index >= 15 is 0 Å². The second-order valence-electron chi connectivity index (χ2n) is 6.85. The summed E-state index contributed by atoms with van der Waals surface area (Å²) < 4.78 is 15.3. The lowest BCUT2D eigenvalue weighted by atomic mass is 10.0. The molecule has 0 aliphatic carbocycles. The zero-order valence-corrected chi connectivity index (χ0v) is 14.3. The molecule has 0 spiro atoms. The summed E-state index contributed by atoms with van der Waals surface area (Å²) in [7, 11) is 0. The Morgan fingerprint density at radius 2 is 1.80 bits per heavy atom. The first-order chi connectivity index (χ1) is 12.0. The van der Waals surface area contributed by atoms with Crippen LogP contribution in [-0.4, -0.2) is 33.4 Å². The van der Waals surface area contributed by atoms with Gasteiger partial charge in [-0.1, -0.05) is 26.0 Å². The SMILES string of the molecule is CC(C)c1nc2ccccc2n1C1CN(C(=O)c2ccc(F)cc2)C1. The second-order valence-corrected chi connectivity index (χ2v) is 6.85. The van der Waals surface area contributed by atoms with E-state index in [4.69, 9.17) is 4.98 Å². The van der Waals surface area contributed by atoms with Crippen molar-refractivity contribution in [3.05, 3.63) is 65.7 Å². The van der Waals surface area contributed by atoms with Crippen LogP contribution in [0, 0.1) is 5.82 Å². The number of hydrogen-bond donors (Lipinski definition) is 0. The van der Waals surface area contributed by atoms with Crippen molar-refractivity contribution in [1.82, 2.24) is 14.5 Å². The molecule has 0 bridgehead atoms. The molecule has 1 saturated heterocycles. The fourth-order valence-corrected chi connectivity index (χ4v) is 3.41. The normalized spacial score (nSPS) is 15.0. The average molecular weight is 337 g/mol. The number of carbonyl (C=O) groups is 1. The monoisotopic (exact) mass is 337 g/mol. The smallest absolute Gasteiger partial charge is 0.254 e. The van der Waals surface area contributed by atoms with Crippen molar-refractivity contribution in [3.63, 3.8) is 0 Å². The first-order valence-corrected chi connectivity index (χ1v) is 8.56. The third kappa shape index (κ3) is 2.69. The van der Waals surface area contributed by atoms with Crippen molar-refractivity contribution < 1.29 is 9.18 Å². The number of rotatable bonds is 3. The molecule has 0 atom stereocenters. The maximum Gasteiger partial charge on any atom is 0.254 e. The summed E-state index contributed by atoms with van der Waals surface area (Å²) in [6.45, 7) is 5.57. The van der Waals surface area contributed by atoms with E-state index in [9.17, 15) is 9.18 Å². The zero-order valence-electron chi connectivity index (χ0n) is 14.3. The number of para-hydroxylation sites is 2. The maximum absolute atomic E-state index is 13.0. The number of fused-ring (bicyclic) bond motifs is 1. The van der Waals surface area contributed by atoms with Crippen LogP contribution in [0.3, 0.4) is 0 Å². The van der Waals surface area contributed by atoms with Crippen LogP contribution in [0.2, 0.25) is 0 Å². The molecule has 0 radical (unpaired) electrons. The molecule has 0 saturated carbocycles. The number of aromatic nitrogens is 2. The first-order valence-electron chi connectivity index (χ1n) is 8.56. The Morgan fingerprint density at radius 1 is 1.12 bits per heavy atom. The van der Waals surface area contributed by atoms with E-state index < -0.39 is 0 Å². The van der Waals surface area contributed by atoms with E-state index in [1.54, 1.807) is 4.90 Å². The van der Waals surface area contributed by atoms with Crippen molar-refractivity contribution in [3.8, 4) is 0 Å². The fourth-order valence-electron chi connectivity index (χ4n) is 3.41. The minimum atomic E-state index is -0.329. The van der Waals surface area contributed by atoms with Crippen molar-refractivity contribution in [1.29, 1.82) is 0 Å². The van der Waals surface area contributed by atoms with Crippen LogP contribution in [0.5, 0.6) is 0 Å². The topological polar surface area (TPSA) is 38.1 Å². The highest BCUT2D eigenvalue weighted by molar-refractivity contribution is 5.94. The van der Waals surface area contributed by atoms with Crippen LogP contribution in [0.4, 0.5) is 4.39 Å². The summed E-state index contributed by atoms with van der Waals surface area (Å²) in [5.41, 5.74) is 2.64. The molecule has 1 aliphatic heterocycles. The van der Waals surface area contributed by atoms with Crippen LogP contribution in [0.1, 0.15) is 42.0 Å². The van der Waals surface area contributed by atoms with Crippen LogP contribution in [-0.2, 0) is 0 Å². The van der Waals surface area contributed by atoms with Crippen LogP contribution in [0.15, 0.2) is 48.5 Å². The van der Waals surface area contributed by atoms with Gasteiger partial charge in [0, 0.05) is 24.6 Å². The lowest BCUT2D eigenvalue weighted by Gasteiger charge is -2.41. The molecule has 0 unspecified atom stereocenters. The molecule has 1 amide bonds. The molecule has 128 valence electrons. The van der Waals surface area contributed by atoms with Gasteiger partial charge in [-0.05, 0) is 36.4 Å². The summed E-state index contributed by atoms with van der Waals surface area (Å²) in [5, 5.41) is 0. The van der Waals surface area contributed by atoms with Gasteiger partial charge in [0.15, 0.2) is 0 Å². The van der Waals surface area contributed by atoms with Gasteiger partial charge >= 0.3 is 0 Å². The van der Waals surface area contributed by atoms with E-state index in [0.29, 0.717) is 24.6 Å². The van der Waals surface area contributed by atoms with Crippen LogP contribution < -0.4 is 0 Å². The molecule has 4 rings (SSSR count). The van der Waals surface area contributed by atoms with Crippen molar-refractivity contribution >= 4 is 16.9 Å². The number of nitrogens with zero attached hydrogens (tertiary/aromatic N) is 3. The molecule has 1 aliphatic rings. The quantitative estimate of drug-likeness (QED) is 0.725. The number of carbonyl (C=O) groups excluding carboxylic acids is 1. The van der Waals surface area contributed by atoms with E-state index in [2.05, 4.69) is 24.5 Å². The number of halogens is 1. The van der Waals surface area contributed by atoms with Gasteiger partial charge in [0.25, 0.3) is 5.91 Å². The molecule has 1 aromatic heterocycles. The van der Waals surface area contributed by atoms with Gasteiger partial charge in [0.05, 0.1) is 17.1 Å². The number of likely N-dealkylation sites (tertiary alicyclic amines) is 1. The third-order valence-corrected chi connectivity index (χ3v) is 4.75. The standard InChI is InChI=1S/C20H20FN3O/c1-13(2)19-22-17-5-3-4-6-18(17)24(19)16-11-23(12-16)20(25)14-7-9-15(21)10-8-14/h3-10,13,16H,11-12H2,1-2H3. The van der Waals surface area contributed by atoms with Gasteiger partial charge in [-0.25, -0.2) is 9.37 Å². The molecule has 5 heteroatoms. The van der Waals surface area contributed by atoms with Gasteiger partial charge in [0.2, 0.25) is 0 Å². The molecule has 1 fully saturated rings. The van der Waals surface area contributed by atoms with E-state index in [1.807, 2.05) is 18.2 Å². The van der Waals surface area contributed by atoms with Gasteiger partial charge < -0.3 is 9.47 Å². The Labute approximate surface area is 145 Å². The van der Waals surface area contributed by atoms with Gasteiger partial charge in [-0.2, -0.15) is 0 Å². The minimum Gasteiger partial charge on any atom is -0.334 e. The predicted octanol–water partition coefficient (Wildman–Crippen LogP) is 4.00. The molecular formula is C20H20FN3O. The summed E-state index contributed by atoms with van der Waals surface area (Å²) >= 11 is 0. The average Bonchev–Trinajstić information content (AvgIpc) is 2.94. The van der Waals surface area contributed by atoms with E-state index in [-0.39, 0.29) is 17.8 Å². The number of imidazole rings is 1. The van der Waals surface area contributed by atoms with Gasteiger partial charge in [0.1, 0.15) is 11.6 Å². The lowest BCUT2D eigenvalue weighted by molar-refractivity contribution is 0.0521. The molecule has 4 nitrogen and oxygen atoms in total. The zero-order chi connectivity index (χ0) is 17.6. The van der Waals surface area contributed by atoms with Crippen molar-refractivity contribution in [2.24, 2.45) is 0 Å². The molecule has 2 aromatic carbocycles. The molecule has 2 heterocycles. The molecule has 0 N–H and O–H groups in total. The summed E-state index contributed by atoms with van der Waals surface area (Å²) in [6, 6.07) is 14.1. The third-order valence-electron chi connectivity index (χ3n) is 4.75. The largest absolute Gasteiger partial charge is 0.334 e. The highest BCUT2D eigenvalue weighted by Crippen LogP contribution is 2.31. The van der Waals surface area contributed by atoms with Gasteiger partial charge in [-0.15, -0.1) is 0 Å². The summed E-state index contributed by atoms with van der Waals surface area (Å²) in [6.07, 6.45) is 0. The van der Waals surface area contributed by atoms with Crippen LogP contribution >= 0.6 is 0 Å². The summed E-state index contributed by atoms with van der Waals surface area (Å²) in [5.74, 6) is 0.991. The second kappa shape index (κ2) is 5.99. The van der Waals surface area contributed by atoms with Crippen LogP contribution in [0.25, 0.3) is 11.0 Å². The highest BCUT2D eigenvalue weighted by Gasteiger charge is 2.34. The Balaban J connectivity index is 1.58. The van der Waals surface area contributed by atoms with Gasteiger partial charge in [-0.3, -0.25) is 4.79 Å². The molecule has 3 aromatic rings. The predicted molar refractivity (Wildman–Crippen MR) is 95.2 cm³/mol. The molecular weight excluding hydrogens is 317 g/mol. The Kier molecular flexibility index (Phi) is 3.79. The molecule has 25 heavy (non-hydrogen) atoms. The summed E-state index contributed by atoms with van der Waals surface area (Å²) in [4.78, 5) is 19.1. The van der Waals surface area contributed by atoms with Crippen molar-refractivity contribution in [2.45, 2.75) is 25.8 Å². The number of hydrogen-bond acceptors (Lipinski definition) is 2. The maximum atomic E-state index is 13.0. The van der Waals surface area contributed by atoms with Crippen molar-refractivity contribution in [2.75, 3.05) is 13.1 Å². The fraction of sp³-hybridized carbons (Fsp3) is 0.300. The van der Waals surface area contributed by atoms with E-state index in [1.165, 1.54) is 24.3 Å². The Morgan fingerprint density at radius 3 is 2.48 bits per heavy atom. The highest BCUT2D eigenvalue weighted by atomic mass is 19.1. The number of amides is 1. The lowest BCUT2D eigenvalue weighted by Crippen LogP contribution is -2.51. The Bertz CT molecular complexity index is 924.